The lowest BCUT2D eigenvalue weighted by molar-refractivity contribution is -0.122. The maximum atomic E-state index is 12.7. The molecule has 1 saturated carbocycles. The van der Waals surface area contributed by atoms with Gasteiger partial charge in [-0.3, -0.25) is 4.79 Å². The first-order valence-corrected chi connectivity index (χ1v) is 7.31. The van der Waals surface area contributed by atoms with E-state index in [0.717, 1.165) is 44.3 Å². The van der Waals surface area contributed by atoms with Gasteiger partial charge in [0.1, 0.15) is 0 Å². The third kappa shape index (κ3) is 2.39. The molecule has 1 fully saturated rings. The number of aryl methyl sites for hydroxylation is 2. The summed E-state index contributed by atoms with van der Waals surface area (Å²) in [5.74, 6) is 0.431. The molecule has 19 heavy (non-hydrogen) atoms. The maximum absolute atomic E-state index is 12.7. The van der Waals surface area contributed by atoms with Crippen molar-refractivity contribution in [3.8, 4) is 0 Å². The molecule has 2 aliphatic rings. The van der Waals surface area contributed by atoms with Crippen molar-refractivity contribution in [1.82, 2.24) is 0 Å². The van der Waals surface area contributed by atoms with E-state index < -0.39 is 0 Å². The first kappa shape index (κ1) is 12.7. The quantitative estimate of drug-likeness (QED) is 0.840. The van der Waals surface area contributed by atoms with E-state index in [0.29, 0.717) is 0 Å². The summed E-state index contributed by atoms with van der Waals surface area (Å²) < 4.78 is 0. The van der Waals surface area contributed by atoms with Crippen LogP contribution in [0.25, 0.3) is 0 Å². The van der Waals surface area contributed by atoms with Gasteiger partial charge in [-0.25, -0.2) is 0 Å². The maximum Gasteiger partial charge on any atom is 0.230 e. The molecule has 3 nitrogen and oxygen atoms in total. The Balaban J connectivity index is 1.85. The van der Waals surface area contributed by atoms with Gasteiger partial charge in [-0.1, -0.05) is 17.7 Å². The van der Waals surface area contributed by atoms with Gasteiger partial charge in [-0.05, 0) is 50.7 Å². The Hall–Kier alpha value is -1.35. The number of anilines is 1. The molecule has 0 radical (unpaired) electrons. The van der Waals surface area contributed by atoms with Gasteiger partial charge in [0, 0.05) is 24.2 Å². The highest BCUT2D eigenvalue weighted by molar-refractivity contribution is 5.96. The van der Waals surface area contributed by atoms with Crippen LogP contribution in [-0.2, 0) is 11.2 Å². The number of hydrogen-bond acceptors (Lipinski definition) is 2. The summed E-state index contributed by atoms with van der Waals surface area (Å²) in [6.45, 7) is 2.97. The summed E-state index contributed by atoms with van der Waals surface area (Å²) in [4.78, 5) is 14.7. The van der Waals surface area contributed by atoms with Crippen LogP contribution in [-0.4, -0.2) is 18.5 Å². The fourth-order valence-electron chi connectivity index (χ4n) is 3.42. The average Bonchev–Trinajstić information content (AvgIpc) is 2.83. The fraction of sp³-hybridized carbons (Fsp3) is 0.562. The van der Waals surface area contributed by atoms with Crippen molar-refractivity contribution < 1.29 is 4.79 Å². The van der Waals surface area contributed by atoms with E-state index in [4.69, 9.17) is 5.73 Å². The standard InChI is InChI=1S/C16H22N2O/c1-11-4-7-15-12(9-11)3-2-8-18(15)16(19)13-5-6-14(17)10-13/h4,7,9,13-14H,2-3,5-6,8,10,17H2,1H3. The lowest BCUT2D eigenvalue weighted by Crippen LogP contribution is -2.39. The highest BCUT2D eigenvalue weighted by atomic mass is 16.2. The van der Waals surface area contributed by atoms with Gasteiger partial charge in [0.15, 0.2) is 0 Å². The summed E-state index contributed by atoms with van der Waals surface area (Å²) in [6.07, 6.45) is 4.96. The Kier molecular flexibility index (Phi) is 3.31. The van der Waals surface area contributed by atoms with Crippen LogP contribution >= 0.6 is 0 Å². The van der Waals surface area contributed by atoms with Crippen molar-refractivity contribution >= 4 is 11.6 Å². The summed E-state index contributed by atoms with van der Waals surface area (Å²) >= 11 is 0. The molecular weight excluding hydrogens is 236 g/mol. The average molecular weight is 258 g/mol. The Morgan fingerprint density at radius 2 is 2.21 bits per heavy atom. The molecule has 2 atom stereocenters. The lowest BCUT2D eigenvalue weighted by atomic mass is 9.97. The van der Waals surface area contributed by atoms with Crippen molar-refractivity contribution in [2.75, 3.05) is 11.4 Å². The largest absolute Gasteiger partial charge is 0.328 e. The molecule has 1 aromatic rings. The van der Waals surface area contributed by atoms with Crippen molar-refractivity contribution in [2.45, 2.75) is 45.1 Å². The fourth-order valence-corrected chi connectivity index (χ4v) is 3.42. The van der Waals surface area contributed by atoms with Gasteiger partial charge in [0.05, 0.1) is 0 Å². The first-order chi connectivity index (χ1) is 9.15. The second-order valence-corrected chi connectivity index (χ2v) is 6.00. The predicted molar refractivity (Wildman–Crippen MR) is 77.2 cm³/mol. The third-order valence-electron chi connectivity index (χ3n) is 4.44. The van der Waals surface area contributed by atoms with E-state index in [1.165, 1.54) is 11.1 Å². The first-order valence-electron chi connectivity index (χ1n) is 7.31. The molecule has 2 N–H and O–H groups in total. The lowest BCUT2D eigenvalue weighted by Gasteiger charge is -2.31. The van der Waals surface area contributed by atoms with Crippen LogP contribution in [0.15, 0.2) is 18.2 Å². The summed E-state index contributed by atoms with van der Waals surface area (Å²) in [5, 5.41) is 0. The topological polar surface area (TPSA) is 46.3 Å². The number of nitrogens with two attached hydrogens (primary N) is 1. The predicted octanol–water partition coefficient (Wildman–Crippen LogP) is 2.40. The number of rotatable bonds is 1. The zero-order chi connectivity index (χ0) is 13.4. The van der Waals surface area contributed by atoms with Gasteiger partial charge in [0.25, 0.3) is 0 Å². The molecule has 1 heterocycles. The third-order valence-corrected chi connectivity index (χ3v) is 4.44. The minimum absolute atomic E-state index is 0.141. The van der Waals surface area contributed by atoms with Crippen molar-refractivity contribution in [3.63, 3.8) is 0 Å². The number of nitrogens with zero attached hydrogens (tertiary/aromatic N) is 1. The number of hydrogen-bond donors (Lipinski definition) is 1. The zero-order valence-corrected chi connectivity index (χ0v) is 11.6. The van der Waals surface area contributed by atoms with Crippen LogP contribution in [0.1, 0.15) is 36.8 Å². The van der Waals surface area contributed by atoms with Crippen LogP contribution < -0.4 is 10.6 Å². The minimum Gasteiger partial charge on any atom is -0.328 e. The molecule has 102 valence electrons. The Labute approximate surface area is 114 Å². The van der Waals surface area contributed by atoms with E-state index in [1.807, 2.05) is 4.90 Å². The molecular formula is C16H22N2O. The monoisotopic (exact) mass is 258 g/mol. The van der Waals surface area contributed by atoms with E-state index in [9.17, 15) is 4.79 Å². The highest BCUT2D eigenvalue weighted by Crippen LogP contribution is 2.32. The van der Waals surface area contributed by atoms with Crippen LogP contribution in [0.4, 0.5) is 5.69 Å². The normalized spacial score (nSPS) is 26.3. The van der Waals surface area contributed by atoms with Crippen molar-refractivity contribution in [3.05, 3.63) is 29.3 Å². The number of carbonyl (C=O) groups is 1. The van der Waals surface area contributed by atoms with Crippen LogP contribution in [0, 0.1) is 12.8 Å². The molecule has 0 aromatic heterocycles. The molecule has 1 aliphatic carbocycles. The minimum atomic E-state index is 0.141. The SMILES string of the molecule is Cc1ccc2c(c1)CCCN2C(=O)C1CCC(N)C1. The van der Waals surface area contributed by atoms with Gasteiger partial charge >= 0.3 is 0 Å². The van der Waals surface area contributed by atoms with Gasteiger partial charge in [-0.15, -0.1) is 0 Å². The molecule has 1 aromatic carbocycles. The zero-order valence-electron chi connectivity index (χ0n) is 11.6. The Morgan fingerprint density at radius 1 is 1.37 bits per heavy atom. The molecule has 1 amide bonds. The van der Waals surface area contributed by atoms with Crippen molar-refractivity contribution in [1.29, 1.82) is 0 Å². The molecule has 2 unspecified atom stereocenters. The number of amides is 1. The molecule has 1 aliphatic heterocycles. The van der Waals surface area contributed by atoms with E-state index in [1.54, 1.807) is 0 Å². The smallest absolute Gasteiger partial charge is 0.230 e. The number of carbonyl (C=O) groups excluding carboxylic acids is 1. The Morgan fingerprint density at radius 3 is 2.95 bits per heavy atom. The van der Waals surface area contributed by atoms with Crippen LogP contribution in [0.5, 0.6) is 0 Å². The molecule has 3 rings (SSSR count). The summed E-state index contributed by atoms with van der Waals surface area (Å²) in [6, 6.07) is 6.65. The van der Waals surface area contributed by atoms with E-state index in [-0.39, 0.29) is 17.9 Å². The number of fused-ring (bicyclic) bond motifs is 1. The van der Waals surface area contributed by atoms with E-state index in [2.05, 4.69) is 25.1 Å². The molecule has 0 spiro atoms. The van der Waals surface area contributed by atoms with Gasteiger partial charge in [-0.2, -0.15) is 0 Å². The highest BCUT2D eigenvalue weighted by Gasteiger charge is 2.33. The summed E-state index contributed by atoms with van der Waals surface area (Å²) in [7, 11) is 0. The second kappa shape index (κ2) is 4.97. The molecule has 3 heteroatoms. The Bertz CT molecular complexity index is 498. The molecule has 0 saturated heterocycles. The van der Waals surface area contributed by atoms with Gasteiger partial charge < -0.3 is 10.6 Å². The van der Waals surface area contributed by atoms with Crippen LogP contribution in [0.3, 0.4) is 0 Å². The molecule has 0 bridgehead atoms. The number of benzene rings is 1. The van der Waals surface area contributed by atoms with E-state index >= 15 is 0 Å². The van der Waals surface area contributed by atoms with Crippen LogP contribution in [0.2, 0.25) is 0 Å². The second-order valence-electron chi connectivity index (χ2n) is 6.00. The summed E-state index contributed by atoms with van der Waals surface area (Å²) in [5.41, 5.74) is 9.66. The van der Waals surface area contributed by atoms with Gasteiger partial charge in [0.2, 0.25) is 5.91 Å². The van der Waals surface area contributed by atoms with Crippen molar-refractivity contribution in [2.24, 2.45) is 11.7 Å².